The van der Waals surface area contributed by atoms with Gasteiger partial charge in [-0.15, -0.1) is 0 Å². The molecule has 1 aliphatic carbocycles. The summed E-state index contributed by atoms with van der Waals surface area (Å²) in [4.78, 5) is 25.8. The molecule has 0 bridgehead atoms. The number of carbonyl (C=O) groups excluding carboxylic acids is 1. The summed E-state index contributed by atoms with van der Waals surface area (Å²) in [5.41, 5.74) is 2.84. The first kappa shape index (κ1) is 24.6. The largest absolute Gasteiger partial charge is 0.481 e. The molecule has 1 aromatic carbocycles. The van der Waals surface area contributed by atoms with Crippen LogP contribution in [0.4, 0.5) is 4.79 Å². The molecular formula is C26H37ClN2O3. The van der Waals surface area contributed by atoms with Crippen LogP contribution in [0.1, 0.15) is 78.4 Å². The summed E-state index contributed by atoms with van der Waals surface area (Å²) in [6.07, 6.45) is 5.60. The molecule has 5 nitrogen and oxygen atoms in total. The monoisotopic (exact) mass is 460 g/mol. The van der Waals surface area contributed by atoms with E-state index in [9.17, 15) is 9.59 Å². The van der Waals surface area contributed by atoms with Gasteiger partial charge < -0.3 is 10.4 Å². The Morgan fingerprint density at radius 2 is 1.97 bits per heavy atom. The van der Waals surface area contributed by atoms with Gasteiger partial charge >= 0.3 is 12.0 Å². The third-order valence-corrected chi connectivity index (χ3v) is 7.26. The van der Waals surface area contributed by atoms with Crippen LogP contribution in [0.15, 0.2) is 30.0 Å². The van der Waals surface area contributed by atoms with Gasteiger partial charge in [0.2, 0.25) is 0 Å². The van der Waals surface area contributed by atoms with Gasteiger partial charge in [0.1, 0.15) is 0 Å². The van der Waals surface area contributed by atoms with Gasteiger partial charge in [0.15, 0.2) is 0 Å². The molecule has 0 radical (unpaired) electrons. The molecule has 2 aliphatic rings. The van der Waals surface area contributed by atoms with E-state index in [0.29, 0.717) is 0 Å². The van der Waals surface area contributed by atoms with Crippen molar-refractivity contribution in [3.8, 4) is 0 Å². The van der Waals surface area contributed by atoms with E-state index in [1.54, 1.807) is 4.90 Å². The van der Waals surface area contributed by atoms with Crippen LogP contribution >= 0.6 is 11.6 Å². The summed E-state index contributed by atoms with van der Waals surface area (Å²) in [5, 5.41) is 13.0. The number of carbonyl (C=O) groups is 2. The number of carboxylic acids is 1. The number of nitrogens with one attached hydrogen (secondary N) is 1. The first-order valence-corrected chi connectivity index (χ1v) is 12.0. The molecule has 1 heterocycles. The summed E-state index contributed by atoms with van der Waals surface area (Å²) in [5.74, 6) is -0.406. The van der Waals surface area contributed by atoms with Crippen molar-refractivity contribution in [3.05, 3.63) is 46.1 Å². The van der Waals surface area contributed by atoms with Gasteiger partial charge in [-0.1, -0.05) is 58.4 Å². The molecule has 0 spiro atoms. The lowest BCUT2D eigenvalue weighted by molar-refractivity contribution is -0.139. The Kier molecular flexibility index (Phi) is 6.99. The number of amides is 2. The summed E-state index contributed by atoms with van der Waals surface area (Å²) in [7, 11) is 0. The number of benzene rings is 1. The SMILES string of the molecule is CC(C)C1=CN(C2CC(CC(=O)O)C2)C(=O)N[C@]1(C)c1ccc(CCC(C)(C)C)c(Cl)c1. The number of carboxylic acid groups (broad SMARTS) is 1. The zero-order valence-corrected chi connectivity index (χ0v) is 20.9. The Morgan fingerprint density at radius 1 is 1.31 bits per heavy atom. The Bertz CT molecular complexity index is 912. The third-order valence-electron chi connectivity index (χ3n) is 6.91. The van der Waals surface area contributed by atoms with Crippen molar-refractivity contribution in [3.63, 3.8) is 0 Å². The Labute approximate surface area is 197 Å². The van der Waals surface area contributed by atoms with Gasteiger partial charge in [-0.25, -0.2) is 4.79 Å². The van der Waals surface area contributed by atoms with Crippen molar-refractivity contribution in [2.24, 2.45) is 17.3 Å². The van der Waals surface area contributed by atoms with Crippen LogP contribution in [0.3, 0.4) is 0 Å². The fourth-order valence-corrected chi connectivity index (χ4v) is 5.11. The minimum Gasteiger partial charge on any atom is -0.481 e. The molecule has 2 N–H and O–H groups in total. The van der Waals surface area contributed by atoms with Crippen LogP contribution in [0.5, 0.6) is 0 Å². The predicted molar refractivity (Wildman–Crippen MR) is 129 cm³/mol. The molecule has 32 heavy (non-hydrogen) atoms. The summed E-state index contributed by atoms with van der Waals surface area (Å²) < 4.78 is 0. The number of hydrogen-bond donors (Lipinski definition) is 2. The molecule has 176 valence electrons. The van der Waals surface area contributed by atoms with Gasteiger partial charge in [-0.05, 0) is 72.6 Å². The highest BCUT2D eigenvalue weighted by Gasteiger charge is 2.44. The van der Waals surface area contributed by atoms with Gasteiger partial charge in [0.25, 0.3) is 0 Å². The number of aryl methyl sites for hydroxylation is 1. The van der Waals surface area contributed by atoms with Crippen LogP contribution in [0.25, 0.3) is 0 Å². The van der Waals surface area contributed by atoms with E-state index in [-0.39, 0.29) is 35.7 Å². The minimum atomic E-state index is -0.773. The van der Waals surface area contributed by atoms with Crippen LogP contribution in [0.2, 0.25) is 5.02 Å². The fourth-order valence-electron chi connectivity index (χ4n) is 4.84. The zero-order valence-electron chi connectivity index (χ0n) is 20.2. The average molecular weight is 461 g/mol. The van der Waals surface area contributed by atoms with Crippen molar-refractivity contribution in [2.75, 3.05) is 0 Å². The second-order valence-electron chi connectivity index (χ2n) is 11.2. The van der Waals surface area contributed by atoms with Crippen LogP contribution in [-0.2, 0) is 16.8 Å². The normalized spacial score (nSPS) is 25.9. The molecule has 0 aromatic heterocycles. The van der Waals surface area contributed by atoms with Crippen molar-refractivity contribution >= 4 is 23.6 Å². The maximum Gasteiger partial charge on any atom is 0.322 e. The van der Waals surface area contributed by atoms with Crippen LogP contribution in [0, 0.1) is 17.3 Å². The molecule has 0 saturated heterocycles. The molecule has 1 fully saturated rings. The zero-order chi connectivity index (χ0) is 23.8. The molecule has 1 aliphatic heterocycles. The van der Waals surface area contributed by atoms with E-state index in [0.717, 1.165) is 47.4 Å². The van der Waals surface area contributed by atoms with Gasteiger partial charge in [0.05, 0.1) is 5.54 Å². The smallest absolute Gasteiger partial charge is 0.322 e. The molecular weight excluding hydrogens is 424 g/mol. The topological polar surface area (TPSA) is 69.6 Å². The lowest BCUT2D eigenvalue weighted by atomic mass is 9.75. The summed E-state index contributed by atoms with van der Waals surface area (Å²) >= 11 is 6.68. The van der Waals surface area contributed by atoms with E-state index in [2.05, 4.69) is 52.1 Å². The van der Waals surface area contributed by atoms with Crippen molar-refractivity contribution < 1.29 is 14.7 Å². The highest BCUT2D eigenvalue weighted by molar-refractivity contribution is 6.31. The number of nitrogens with zero attached hydrogens (tertiary/aromatic N) is 1. The molecule has 1 saturated carbocycles. The maximum absolute atomic E-state index is 13.1. The molecule has 1 aromatic rings. The van der Waals surface area contributed by atoms with Crippen molar-refractivity contribution in [1.29, 1.82) is 0 Å². The second kappa shape index (κ2) is 9.09. The van der Waals surface area contributed by atoms with Crippen molar-refractivity contribution in [1.82, 2.24) is 10.2 Å². The number of urea groups is 1. The summed E-state index contributed by atoms with van der Waals surface area (Å²) in [6, 6.07) is 6.10. The van der Waals surface area contributed by atoms with E-state index in [1.165, 1.54) is 0 Å². The first-order valence-electron chi connectivity index (χ1n) is 11.6. The highest BCUT2D eigenvalue weighted by atomic mass is 35.5. The number of rotatable bonds is 7. The first-order chi connectivity index (χ1) is 14.8. The van der Waals surface area contributed by atoms with E-state index in [1.807, 2.05) is 19.2 Å². The highest BCUT2D eigenvalue weighted by Crippen LogP contribution is 2.42. The second-order valence-corrected chi connectivity index (χ2v) is 11.6. The quantitative estimate of drug-likeness (QED) is 0.497. The number of halogens is 1. The molecule has 0 unspecified atom stereocenters. The Hall–Kier alpha value is -2.01. The minimum absolute atomic E-state index is 0.0565. The van der Waals surface area contributed by atoms with Crippen LogP contribution < -0.4 is 5.32 Å². The van der Waals surface area contributed by atoms with Crippen molar-refractivity contribution in [2.45, 2.75) is 85.2 Å². The number of hydrogen-bond acceptors (Lipinski definition) is 2. The molecule has 1 atom stereocenters. The number of aliphatic carboxylic acids is 1. The van der Waals surface area contributed by atoms with E-state index >= 15 is 0 Å². The maximum atomic E-state index is 13.1. The van der Waals surface area contributed by atoms with Gasteiger partial charge in [-0.2, -0.15) is 0 Å². The van der Waals surface area contributed by atoms with E-state index in [4.69, 9.17) is 16.7 Å². The molecule has 3 rings (SSSR count). The predicted octanol–water partition coefficient (Wildman–Crippen LogP) is 6.35. The molecule has 2 amide bonds. The fraction of sp³-hybridized carbons (Fsp3) is 0.615. The average Bonchev–Trinajstić information content (AvgIpc) is 2.62. The Balaban J connectivity index is 1.84. The Morgan fingerprint density at radius 3 is 2.50 bits per heavy atom. The third kappa shape index (κ3) is 5.31. The standard InChI is InChI=1S/C26H37ClN2O3/c1-16(2)21-15-29(20-11-17(12-20)13-23(30)31)24(32)28-26(21,6)19-8-7-18(22(27)14-19)9-10-25(3,4)5/h7-8,14-17,20H,9-13H2,1-6H3,(H,28,32)(H,30,31)/t17?,20?,26-/m1/s1. The van der Waals surface area contributed by atoms with Crippen LogP contribution in [-0.4, -0.2) is 28.0 Å². The van der Waals surface area contributed by atoms with Gasteiger partial charge in [0, 0.05) is 23.7 Å². The lowest BCUT2D eigenvalue weighted by Gasteiger charge is -2.48. The lowest BCUT2D eigenvalue weighted by Crippen LogP contribution is -2.58. The summed E-state index contributed by atoms with van der Waals surface area (Å²) in [6.45, 7) is 13.0. The van der Waals surface area contributed by atoms with Gasteiger partial charge in [-0.3, -0.25) is 9.69 Å². The molecule has 6 heteroatoms. The van der Waals surface area contributed by atoms with E-state index < -0.39 is 11.5 Å².